The second-order valence-corrected chi connectivity index (χ2v) is 2.83. The number of ketones is 1. The van der Waals surface area contributed by atoms with Gasteiger partial charge >= 0.3 is 0 Å². The molecule has 0 aliphatic carbocycles. The van der Waals surface area contributed by atoms with Crippen molar-refractivity contribution in [3.8, 4) is 0 Å². The molecule has 0 saturated heterocycles. The summed E-state index contributed by atoms with van der Waals surface area (Å²) in [4.78, 5) is 11.1. The van der Waals surface area contributed by atoms with Gasteiger partial charge in [0.25, 0.3) is 0 Å². The van der Waals surface area contributed by atoms with Gasteiger partial charge in [-0.15, -0.1) is 6.58 Å². The molecule has 1 aromatic rings. The van der Waals surface area contributed by atoms with Crippen molar-refractivity contribution in [1.29, 1.82) is 0 Å². The van der Waals surface area contributed by atoms with E-state index in [1.807, 2.05) is 30.3 Å². The van der Waals surface area contributed by atoms with Crippen LogP contribution in [-0.2, 0) is 4.79 Å². The average molecular weight is 188 g/mol. The molecule has 72 valence electrons. The number of aliphatic hydroxyl groups is 1. The Morgan fingerprint density at radius 1 is 1.36 bits per heavy atom. The molecule has 0 saturated carbocycles. The van der Waals surface area contributed by atoms with Gasteiger partial charge in [-0.3, -0.25) is 4.79 Å². The Labute approximate surface area is 83.2 Å². The zero-order valence-electron chi connectivity index (χ0n) is 7.76. The van der Waals surface area contributed by atoms with Crippen LogP contribution in [0.1, 0.15) is 5.56 Å². The van der Waals surface area contributed by atoms with E-state index in [2.05, 4.69) is 6.58 Å². The van der Waals surface area contributed by atoms with Crippen molar-refractivity contribution in [3.05, 3.63) is 54.6 Å². The molecule has 1 unspecified atom stereocenters. The van der Waals surface area contributed by atoms with Crippen molar-refractivity contribution in [3.63, 3.8) is 0 Å². The van der Waals surface area contributed by atoms with E-state index in [4.69, 9.17) is 5.11 Å². The fourth-order valence-corrected chi connectivity index (χ4v) is 0.957. The molecule has 0 spiro atoms. The highest BCUT2D eigenvalue weighted by Gasteiger charge is 2.05. The third kappa shape index (κ3) is 2.99. The quantitative estimate of drug-likeness (QED) is 0.578. The number of aliphatic hydroxyl groups excluding tert-OH is 1. The third-order valence-corrected chi connectivity index (χ3v) is 1.75. The molecular formula is C12H12O2. The standard InChI is InChI=1S/C12H12O2/c1-2-11(13)12(14)9-8-10-6-4-3-5-7-10/h2-9,11,13H,1H2. The monoisotopic (exact) mass is 188 g/mol. The second-order valence-electron chi connectivity index (χ2n) is 2.83. The SMILES string of the molecule is C=CC(O)C(=O)C=Cc1ccccc1. The van der Waals surface area contributed by atoms with Crippen LogP contribution in [-0.4, -0.2) is 17.0 Å². The molecule has 0 heterocycles. The maximum Gasteiger partial charge on any atom is 0.188 e. The Hall–Kier alpha value is -1.67. The Balaban J connectivity index is 2.65. The first-order chi connectivity index (χ1) is 6.74. The summed E-state index contributed by atoms with van der Waals surface area (Å²) in [5.41, 5.74) is 0.928. The molecule has 0 aromatic heterocycles. The van der Waals surface area contributed by atoms with Crippen LogP contribution in [0.4, 0.5) is 0 Å². The summed E-state index contributed by atoms with van der Waals surface area (Å²) in [5.74, 6) is -0.358. The third-order valence-electron chi connectivity index (χ3n) is 1.75. The average Bonchev–Trinajstić information content (AvgIpc) is 2.26. The Kier molecular flexibility index (Phi) is 3.83. The van der Waals surface area contributed by atoms with Gasteiger partial charge in [0.05, 0.1) is 0 Å². The molecule has 2 nitrogen and oxygen atoms in total. The van der Waals surface area contributed by atoms with Crippen molar-refractivity contribution >= 4 is 11.9 Å². The van der Waals surface area contributed by atoms with E-state index in [1.54, 1.807) is 6.08 Å². The summed E-state index contributed by atoms with van der Waals surface area (Å²) in [6.07, 6.45) is 3.11. The molecule has 0 amide bonds. The summed E-state index contributed by atoms with van der Waals surface area (Å²) >= 11 is 0. The summed E-state index contributed by atoms with van der Waals surface area (Å²) < 4.78 is 0. The van der Waals surface area contributed by atoms with Crippen molar-refractivity contribution in [1.82, 2.24) is 0 Å². The lowest BCUT2D eigenvalue weighted by atomic mass is 10.1. The van der Waals surface area contributed by atoms with Crippen LogP contribution >= 0.6 is 0 Å². The number of hydrogen-bond donors (Lipinski definition) is 1. The molecule has 1 atom stereocenters. The number of rotatable bonds is 4. The molecule has 0 aliphatic heterocycles. The maximum atomic E-state index is 11.1. The smallest absolute Gasteiger partial charge is 0.188 e. The van der Waals surface area contributed by atoms with E-state index in [-0.39, 0.29) is 5.78 Å². The van der Waals surface area contributed by atoms with E-state index in [0.717, 1.165) is 5.56 Å². The van der Waals surface area contributed by atoms with E-state index >= 15 is 0 Å². The lowest BCUT2D eigenvalue weighted by molar-refractivity contribution is -0.120. The Morgan fingerprint density at radius 2 is 2.00 bits per heavy atom. The van der Waals surface area contributed by atoms with E-state index in [1.165, 1.54) is 12.2 Å². The van der Waals surface area contributed by atoms with Crippen LogP contribution in [0.15, 0.2) is 49.1 Å². The molecule has 0 aliphatic rings. The zero-order valence-corrected chi connectivity index (χ0v) is 7.76. The van der Waals surface area contributed by atoms with Crippen LogP contribution in [0.5, 0.6) is 0 Å². The Morgan fingerprint density at radius 3 is 2.57 bits per heavy atom. The van der Waals surface area contributed by atoms with Gasteiger partial charge in [-0.1, -0.05) is 42.5 Å². The van der Waals surface area contributed by atoms with Crippen molar-refractivity contribution in [2.24, 2.45) is 0 Å². The predicted molar refractivity (Wildman–Crippen MR) is 56.7 cm³/mol. The van der Waals surface area contributed by atoms with Crippen LogP contribution in [0.25, 0.3) is 6.08 Å². The maximum absolute atomic E-state index is 11.1. The van der Waals surface area contributed by atoms with Gasteiger partial charge in [0.2, 0.25) is 0 Å². The van der Waals surface area contributed by atoms with Gasteiger partial charge in [0.1, 0.15) is 6.10 Å². The highest BCUT2D eigenvalue weighted by Crippen LogP contribution is 2.01. The highest BCUT2D eigenvalue weighted by molar-refractivity contribution is 5.97. The van der Waals surface area contributed by atoms with E-state index in [9.17, 15) is 4.79 Å². The molecule has 2 heteroatoms. The molecular weight excluding hydrogens is 176 g/mol. The van der Waals surface area contributed by atoms with Gasteiger partial charge in [-0.05, 0) is 11.6 Å². The highest BCUT2D eigenvalue weighted by atomic mass is 16.3. The normalized spacial score (nSPS) is 12.6. The number of carbonyl (C=O) groups is 1. The first kappa shape index (κ1) is 10.4. The number of carbonyl (C=O) groups excluding carboxylic acids is 1. The molecule has 0 fully saturated rings. The lowest BCUT2D eigenvalue weighted by Crippen LogP contribution is -2.13. The van der Waals surface area contributed by atoms with Crippen LogP contribution in [0, 0.1) is 0 Å². The minimum atomic E-state index is -1.10. The van der Waals surface area contributed by atoms with Gasteiger partial charge in [-0.25, -0.2) is 0 Å². The first-order valence-electron chi connectivity index (χ1n) is 4.31. The molecule has 14 heavy (non-hydrogen) atoms. The van der Waals surface area contributed by atoms with Crippen molar-refractivity contribution in [2.45, 2.75) is 6.10 Å². The summed E-state index contributed by atoms with van der Waals surface area (Å²) in [6, 6.07) is 9.42. The van der Waals surface area contributed by atoms with Gasteiger partial charge in [0, 0.05) is 0 Å². The summed E-state index contributed by atoms with van der Waals surface area (Å²) in [6.45, 7) is 3.33. The van der Waals surface area contributed by atoms with Gasteiger partial charge in [0.15, 0.2) is 5.78 Å². The van der Waals surface area contributed by atoms with Crippen LogP contribution < -0.4 is 0 Å². The molecule has 1 N–H and O–H groups in total. The molecule has 0 bridgehead atoms. The first-order valence-corrected chi connectivity index (χ1v) is 4.31. The lowest BCUT2D eigenvalue weighted by Gasteiger charge is -1.97. The van der Waals surface area contributed by atoms with E-state index in [0.29, 0.717) is 0 Å². The van der Waals surface area contributed by atoms with E-state index < -0.39 is 6.10 Å². The molecule has 0 radical (unpaired) electrons. The summed E-state index contributed by atoms with van der Waals surface area (Å²) in [7, 11) is 0. The van der Waals surface area contributed by atoms with Crippen molar-refractivity contribution < 1.29 is 9.90 Å². The fourth-order valence-electron chi connectivity index (χ4n) is 0.957. The van der Waals surface area contributed by atoms with Gasteiger partial charge in [-0.2, -0.15) is 0 Å². The van der Waals surface area contributed by atoms with Crippen molar-refractivity contribution in [2.75, 3.05) is 0 Å². The van der Waals surface area contributed by atoms with Gasteiger partial charge < -0.3 is 5.11 Å². The number of hydrogen-bond acceptors (Lipinski definition) is 2. The minimum Gasteiger partial charge on any atom is -0.381 e. The topological polar surface area (TPSA) is 37.3 Å². The summed E-state index contributed by atoms with van der Waals surface area (Å²) in [5, 5.41) is 9.09. The van der Waals surface area contributed by atoms with Crippen LogP contribution in [0.3, 0.4) is 0 Å². The predicted octanol–water partition coefficient (Wildman–Crippen LogP) is 1.82. The molecule has 1 aromatic carbocycles. The largest absolute Gasteiger partial charge is 0.381 e. The van der Waals surface area contributed by atoms with Crippen LogP contribution in [0.2, 0.25) is 0 Å². The fraction of sp³-hybridized carbons (Fsp3) is 0.0833. The molecule has 1 rings (SSSR count). The zero-order chi connectivity index (χ0) is 10.4. The number of benzene rings is 1. The Bertz CT molecular complexity index is 339. The second kappa shape index (κ2) is 5.14. The minimum absolute atomic E-state index is 0.358.